The molecule has 0 saturated heterocycles. The highest BCUT2D eigenvalue weighted by Gasteiger charge is 2.53. The van der Waals surface area contributed by atoms with Crippen LogP contribution in [0.2, 0.25) is 0 Å². The number of hydrogen-bond acceptors (Lipinski definition) is 3. The second kappa shape index (κ2) is 5.05. The Morgan fingerprint density at radius 3 is 2.10 bits per heavy atom. The standard InChI is InChI=1S/C16H25NO3/c1-3-20-15(19)14(18)17-10(2)16-7-11-4-12(8-16)6-13(5-11)9-16/h10-13H,3-9H2,1-2H3,(H,17,18). The lowest BCUT2D eigenvalue weighted by atomic mass is 9.48. The van der Waals surface area contributed by atoms with Crippen LogP contribution in [-0.2, 0) is 14.3 Å². The molecule has 0 radical (unpaired) electrons. The molecule has 4 fully saturated rings. The van der Waals surface area contributed by atoms with Gasteiger partial charge in [-0.05, 0) is 75.5 Å². The molecule has 4 aliphatic rings. The van der Waals surface area contributed by atoms with Gasteiger partial charge in [-0.25, -0.2) is 4.79 Å². The van der Waals surface area contributed by atoms with Crippen LogP contribution in [0.25, 0.3) is 0 Å². The Bertz CT molecular complexity index is 383. The molecule has 4 bridgehead atoms. The SMILES string of the molecule is CCOC(=O)C(=O)NC(C)C12CC3CC(CC(C3)C1)C2. The van der Waals surface area contributed by atoms with Crippen molar-refractivity contribution in [1.29, 1.82) is 0 Å². The monoisotopic (exact) mass is 279 g/mol. The van der Waals surface area contributed by atoms with Crippen molar-refractivity contribution in [1.82, 2.24) is 5.32 Å². The lowest BCUT2D eigenvalue weighted by Crippen LogP contribution is -2.56. The summed E-state index contributed by atoms with van der Waals surface area (Å²) < 4.78 is 4.77. The molecule has 4 nitrogen and oxygen atoms in total. The van der Waals surface area contributed by atoms with Crippen molar-refractivity contribution < 1.29 is 14.3 Å². The van der Waals surface area contributed by atoms with Gasteiger partial charge in [0.05, 0.1) is 6.61 Å². The molecule has 1 unspecified atom stereocenters. The van der Waals surface area contributed by atoms with Gasteiger partial charge < -0.3 is 10.1 Å². The Hall–Kier alpha value is -1.06. The maximum absolute atomic E-state index is 11.9. The zero-order chi connectivity index (χ0) is 14.3. The van der Waals surface area contributed by atoms with Crippen LogP contribution in [0.1, 0.15) is 52.4 Å². The lowest BCUT2D eigenvalue weighted by Gasteiger charge is -2.59. The maximum Gasteiger partial charge on any atom is 0.396 e. The number of nitrogens with one attached hydrogen (secondary N) is 1. The van der Waals surface area contributed by atoms with E-state index in [1.807, 2.05) is 0 Å². The van der Waals surface area contributed by atoms with E-state index in [0.717, 1.165) is 17.8 Å². The first kappa shape index (κ1) is 13.9. The van der Waals surface area contributed by atoms with Crippen molar-refractivity contribution in [3.63, 3.8) is 0 Å². The zero-order valence-electron chi connectivity index (χ0n) is 12.5. The molecule has 4 saturated carbocycles. The Kier molecular flexibility index (Phi) is 3.51. The number of amides is 1. The van der Waals surface area contributed by atoms with Crippen LogP contribution in [0.15, 0.2) is 0 Å². The molecule has 1 amide bonds. The third kappa shape index (κ3) is 2.33. The number of carbonyl (C=O) groups excluding carboxylic acids is 2. The number of esters is 1. The molecule has 1 N–H and O–H groups in total. The first-order valence-corrected chi connectivity index (χ1v) is 8.00. The molecule has 4 rings (SSSR count). The highest BCUT2D eigenvalue weighted by molar-refractivity contribution is 6.32. The second-order valence-electron chi connectivity index (χ2n) is 7.20. The second-order valence-corrected chi connectivity index (χ2v) is 7.20. The first-order chi connectivity index (χ1) is 9.52. The molecule has 1 atom stereocenters. The summed E-state index contributed by atoms with van der Waals surface area (Å²) in [7, 11) is 0. The maximum atomic E-state index is 11.9. The fourth-order valence-electron chi connectivity index (χ4n) is 5.31. The minimum absolute atomic E-state index is 0.0767. The zero-order valence-corrected chi connectivity index (χ0v) is 12.5. The molecule has 0 aromatic rings. The van der Waals surface area contributed by atoms with Crippen LogP contribution in [0.5, 0.6) is 0 Å². The van der Waals surface area contributed by atoms with Crippen LogP contribution in [-0.4, -0.2) is 24.5 Å². The lowest BCUT2D eigenvalue weighted by molar-refractivity contribution is -0.156. The summed E-state index contributed by atoms with van der Waals surface area (Å²) in [5.74, 6) is 1.23. The first-order valence-electron chi connectivity index (χ1n) is 8.00. The van der Waals surface area contributed by atoms with Gasteiger partial charge in [0, 0.05) is 6.04 Å². The van der Waals surface area contributed by atoms with Gasteiger partial charge >= 0.3 is 11.9 Å². The molecule has 4 heteroatoms. The summed E-state index contributed by atoms with van der Waals surface area (Å²) in [4.78, 5) is 23.3. The fourth-order valence-corrected chi connectivity index (χ4v) is 5.31. The summed E-state index contributed by atoms with van der Waals surface area (Å²) in [6.45, 7) is 4.04. The van der Waals surface area contributed by atoms with Crippen LogP contribution in [0.4, 0.5) is 0 Å². The van der Waals surface area contributed by atoms with Gasteiger partial charge in [0.15, 0.2) is 0 Å². The van der Waals surface area contributed by atoms with Gasteiger partial charge in [0.25, 0.3) is 0 Å². The molecule has 112 valence electrons. The van der Waals surface area contributed by atoms with Crippen molar-refractivity contribution >= 4 is 11.9 Å². The summed E-state index contributed by atoms with van der Waals surface area (Å²) in [5.41, 5.74) is 0.233. The van der Waals surface area contributed by atoms with Crippen LogP contribution >= 0.6 is 0 Å². The number of ether oxygens (including phenoxy) is 1. The van der Waals surface area contributed by atoms with E-state index in [1.54, 1.807) is 6.92 Å². The van der Waals surface area contributed by atoms with Crippen molar-refractivity contribution in [2.24, 2.45) is 23.2 Å². The molecular formula is C16H25NO3. The fraction of sp³-hybridized carbons (Fsp3) is 0.875. The minimum Gasteiger partial charge on any atom is -0.459 e. The molecule has 20 heavy (non-hydrogen) atoms. The van der Waals surface area contributed by atoms with E-state index < -0.39 is 11.9 Å². The number of carbonyl (C=O) groups is 2. The van der Waals surface area contributed by atoms with Crippen molar-refractivity contribution in [2.45, 2.75) is 58.4 Å². The Morgan fingerprint density at radius 1 is 1.15 bits per heavy atom. The quantitative estimate of drug-likeness (QED) is 0.637. The number of rotatable bonds is 3. The van der Waals surface area contributed by atoms with Crippen molar-refractivity contribution in [2.75, 3.05) is 6.61 Å². The topological polar surface area (TPSA) is 55.4 Å². The summed E-state index contributed by atoms with van der Waals surface area (Å²) in [6.07, 6.45) is 7.84. The minimum atomic E-state index is -0.746. The average Bonchev–Trinajstić information content (AvgIpc) is 2.37. The van der Waals surface area contributed by atoms with Crippen LogP contribution in [0, 0.1) is 23.2 Å². The third-order valence-corrected chi connectivity index (χ3v) is 5.81. The van der Waals surface area contributed by atoms with E-state index in [9.17, 15) is 9.59 Å². The third-order valence-electron chi connectivity index (χ3n) is 5.81. The molecule has 0 aliphatic heterocycles. The van der Waals surface area contributed by atoms with E-state index in [2.05, 4.69) is 12.2 Å². The molecule has 0 aromatic carbocycles. The van der Waals surface area contributed by atoms with Crippen molar-refractivity contribution in [3.8, 4) is 0 Å². The molecule has 0 spiro atoms. The average molecular weight is 279 g/mol. The molecule has 0 heterocycles. The highest BCUT2D eigenvalue weighted by atomic mass is 16.5. The van der Waals surface area contributed by atoms with Crippen molar-refractivity contribution in [3.05, 3.63) is 0 Å². The smallest absolute Gasteiger partial charge is 0.396 e. The van der Waals surface area contributed by atoms with Gasteiger partial charge in [-0.2, -0.15) is 0 Å². The van der Waals surface area contributed by atoms with Gasteiger partial charge in [-0.15, -0.1) is 0 Å². The Morgan fingerprint density at radius 2 is 1.65 bits per heavy atom. The predicted octanol–water partition coefficient (Wildman–Crippen LogP) is 2.27. The van der Waals surface area contributed by atoms with Gasteiger partial charge in [-0.1, -0.05) is 0 Å². The van der Waals surface area contributed by atoms with E-state index in [4.69, 9.17) is 4.74 Å². The molecule has 4 aliphatic carbocycles. The number of hydrogen-bond donors (Lipinski definition) is 1. The van der Waals surface area contributed by atoms with Gasteiger partial charge in [0.1, 0.15) is 0 Å². The predicted molar refractivity (Wildman–Crippen MR) is 74.8 cm³/mol. The Balaban J connectivity index is 1.66. The van der Waals surface area contributed by atoms with Gasteiger partial charge in [0.2, 0.25) is 0 Å². The summed E-state index contributed by atoms with van der Waals surface area (Å²) >= 11 is 0. The van der Waals surface area contributed by atoms with Crippen LogP contribution in [0.3, 0.4) is 0 Å². The molecular weight excluding hydrogens is 254 g/mol. The largest absolute Gasteiger partial charge is 0.459 e. The highest BCUT2D eigenvalue weighted by Crippen LogP contribution is 2.61. The summed E-state index contributed by atoms with van der Waals surface area (Å²) in [5, 5.41) is 2.91. The van der Waals surface area contributed by atoms with E-state index in [-0.39, 0.29) is 18.1 Å². The van der Waals surface area contributed by atoms with E-state index in [1.165, 1.54) is 38.5 Å². The van der Waals surface area contributed by atoms with Crippen LogP contribution < -0.4 is 5.32 Å². The molecule has 0 aromatic heterocycles. The Labute approximate surface area is 120 Å². The van der Waals surface area contributed by atoms with E-state index >= 15 is 0 Å². The summed E-state index contributed by atoms with van der Waals surface area (Å²) in [6, 6.07) is 0.0767. The van der Waals surface area contributed by atoms with Gasteiger partial charge in [-0.3, -0.25) is 4.79 Å². The normalized spacial score (nSPS) is 39.4. The van der Waals surface area contributed by atoms with E-state index in [0.29, 0.717) is 0 Å².